The van der Waals surface area contributed by atoms with Gasteiger partial charge in [-0.1, -0.05) is 36.4 Å². The number of methoxy groups -OCH3 is 1. The van der Waals surface area contributed by atoms with Crippen molar-refractivity contribution >= 4 is 33.7 Å². The molecule has 0 aliphatic rings. The van der Waals surface area contributed by atoms with Crippen LogP contribution in [0.2, 0.25) is 0 Å². The first-order valence-corrected chi connectivity index (χ1v) is 11.2. The number of hydrogen-bond donors (Lipinski definition) is 1. The number of carboxylic acid groups (broad SMARTS) is 1. The van der Waals surface area contributed by atoms with E-state index in [1.165, 1.54) is 7.11 Å². The Morgan fingerprint density at radius 2 is 1.22 bits per heavy atom. The van der Waals surface area contributed by atoms with Crippen LogP contribution in [0.15, 0.2) is 48.5 Å². The van der Waals surface area contributed by atoms with E-state index in [0.29, 0.717) is 24.2 Å². The average Bonchev–Trinajstić information content (AvgIpc) is 3.39. The molecule has 0 atom stereocenters. The fraction of sp³-hybridized carbons (Fsp3) is 0.360. The molecule has 0 amide bonds. The van der Waals surface area contributed by atoms with Crippen molar-refractivity contribution in [2.45, 2.75) is 13.1 Å². The summed E-state index contributed by atoms with van der Waals surface area (Å²) in [6.07, 6.45) is 0. The third-order valence-electron chi connectivity index (χ3n) is 5.39. The third kappa shape index (κ3) is 7.89. The number of ether oxygens (including phenoxy) is 1. The fourth-order valence-corrected chi connectivity index (χ4v) is 3.61. The minimum atomic E-state index is -0.933. The molecule has 0 aliphatic heterocycles. The molecule has 0 fully saturated rings. The Kier molecular flexibility index (Phi) is 12.5. The largest absolute Gasteiger partial charge is 1.00 e. The summed E-state index contributed by atoms with van der Waals surface area (Å²) in [5.74, 6) is -1.28. The van der Waals surface area contributed by atoms with Crippen LogP contribution in [0, 0.1) is 0 Å². The predicted octanol–water partition coefficient (Wildman–Crippen LogP) is -0.492. The third-order valence-corrected chi connectivity index (χ3v) is 5.39. The van der Waals surface area contributed by atoms with Crippen molar-refractivity contribution in [2.75, 3.05) is 48.4 Å². The number of aromatic nitrogens is 4. The van der Waals surface area contributed by atoms with Crippen molar-refractivity contribution in [3.8, 4) is 0 Å². The summed E-state index contributed by atoms with van der Waals surface area (Å²) in [7, 11) is 9.26. The first-order chi connectivity index (χ1) is 16.7. The monoisotopic (exact) mass is 504 g/mol. The SMILES string of the molecule is CN(C)CCn1nc2ccccc2c1C(=O)O.COC(=O)c1c2ccccc2nn1CCN(C)C.[Li+].[OH-]. The van der Waals surface area contributed by atoms with E-state index in [4.69, 9.17) is 4.74 Å². The standard InChI is InChI=1S/C13H17N3O2.C12H15N3O2.Li.H2O/c1-15(2)8-9-16-12(13(17)18-3)10-6-4-5-7-11(10)14-16;1-14(2)7-8-15-11(12(16)17)9-5-3-4-6-10(9)13-15;;/h4-7H,8-9H2,1-3H3;3-6H,7-8H2,1-2H3,(H,16,17);;1H2/q;;+1;/p-1. The summed E-state index contributed by atoms with van der Waals surface area (Å²) in [6, 6.07) is 14.9. The molecule has 2 aromatic heterocycles. The molecule has 194 valence electrons. The van der Waals surface area contributed by atoms with Crippen LogP contribution in [0.25, 0.3) is 21.8 Å². The van der Waals surface area contributed by atoms with Crippen LogP contribution in [0.1, 0.15) is 21.0 Å². The Morgan fingerprint density at radius 3 is 1.62 bits per heavy atom. The molecule has 0 unspecified atom stereocenters. The van der Waals surface area contributed by atoms with Crippen LogP contribution in [-0.4, -0.2) is 100 Å². The number of carbonyl (C=O) groups is 2. The van der Waals surface area contributed by atoms with Gasteiger partial charge >= 0.3 is 30.8 Å². The zero-order valence-corrected chi connectivity index (χ0v) is 22.2. The van der Waals surface area contributed by atoms with Crippen LogP contribution in [-0.2, 0) is 17.8 Å². The smallest absolute Gasteiger partial charge is 0.870 e. The Bertz CT molecular complexity index is 1320. The Morgan fingerprint density at radius 1 is 0.811 bits per heavy atom. The Balaban J connectivity index is 0.000000351. The molecular weight excluding hydrogens is 471 g/mol. The second kappa shape index (κ2) is 14.5. The summed E-state index contributed by atoms with van der Waals surface area (Å²) in [4.78, 5) is 27.2. The minimum absolute atomic E-state index is 0. The molecule has 0 aliphatic carbocycles. The number of carbonyl (C=O) groups excluding carboxylic acids is 1. The number of fused-ring (bicyclic) bond motifs is 2. The van der Waals surface area contributed by atoms with Crippen molar-refractivity contribution in [2.24, 2.45) is 0 Å². The van der Waals surface area contributed by atoms with E-state index in [0.717, 1.165) is 29.5 Å². The van der Waals surface area contributed by atoms with Gasteiger partial charge in [-0.25, -0.2) is 9.59 Å². The van der Waals surface area contributed by atoms with Gasteiger partial charge in [0.2, 0.25) is 0 Å². The first kappa shape index (κ1) is 31.8. The van der Waals surface area contributed by atoms with Crippen molar-refractivity contribution in [1.82, 2.24) is 29.4 Å². The molecule has 11 nitrogen and oxygen atoms in total. The number of hydrogen-bond acceptors (Lipinski definition) is 8. The maximum Gasteiger partial charge on any atom is 1.00 e. The van der Waals surface area contributed by atoms with Gasteiger partial charge in [-0.05, 0) is 40.3 Å². The summed E-state index contributed by atoms with van der Waals surface area (Å²) in [5.41, 5.74) is 2.33. The van der Waals surface area contributed by atoms with E-state index in [2.05, 4.69) is 10.2 Å². The van der Waals surface area contributed by atoms with Gasteiger partial charge in [0.15, 0.2) is 11.4 Å². The topological polar surface area (TPSA) is 136 Å². The van der Waals surface area contributed by atoms with E-state index < -0.39 is 5.97 Å². The summed E-state index contributed by atoms with van der Waals surface area (Å²) < 4.78 is 8.12. The number of benzene rings is 2. The molecule has 0 spiro atoms. The van der Waals surface area contributed by atoms with Crippen LogP contribution in [0.4, 0.5) is 0 Å². The zero-order valence-electron chi connectivity index (χ0n) is 22.2. The number of likely N-dealkylation sites (N-methyl/N-ethyl adjacent to an activating group) is 2. The van der Waals surface area contributed by atoms with E-state index in [-0.39, 0.29) is 36.0 Å². The van der Waals surface area contributed by atoms with E-state index in [1.807, 2.05) is 80.5 Å². The molecule has 2 aromatic carbocycles. The second-order valence-corrected chi connectivity index (χ2v) is 8.58. The van der Waals surface area contributed by atoms with Gasteiger partial charge in [0.25, 0.3) is 0 Å². The molecule has 12 heteroatoms. The first-order valence-electron chi connectivity index (χ1n) is 11.2. The van der Waals surface area contributed by atoms with E-state index >= 15 is 0 Å². The fourth-order valence-electron chi connectivity index (χ4n) is 3.61. The number of carboxylic acids is 1. The van der Waals surface area contributed by atoms with Crippen LogP contribution in [0.3, 0.4) is 0 Å². The number of rotatable bonds is 8. The van der Waals surface area contributed by atoms with E-state index in [9.17, 15) is 14.7 Å². The van der Waals surface area contributed by atoms with Crippen molar-refractivity contribution < 1.29 is 43.8 Å². The summed E-state index contributed by atoms with van der Waals surface area (Å²) in [6.45, 7) is 2.81. The van der Waals surface area contributed by atoms with Gasteiger partial charge in [-0.2, -0.15) is 10.2 Å². The Hall–Kier alpha value is -3.20. The van der Waals surface area contributed by atoms with Crippen molar-refractivity contribution in [3.05, 3.63) is 59.9 Å². The van der Waals surface area contributed by atoms with Crippen LogP contribution < -0.4 is 18.9 Å². The normalized spacial score (nSPS) is 10.6. The number of aromatic carboxylic acids is 1. The van der Waals surface area contributed by atoms with Gasteiger partial charge in [-0.3, -0.25) is 9.36 Å². The molecule has 0 saturated carbocycles. The molecule has 4 rings (SSSR count). The van der Waals surface area contributed by atoms with Gasteiger partial charge in [0.1, 0.15) is 0 Å². The van der Waals surface area contributed by atoms with Gasteiger partial charge in [0, 0.05) is 23.9 Å². The molecule has 2 heterocycles. The molecule has 37 heavy (non-hydrogen) atoms. The number of nitrogens with zero attached hydrogens (tertiary/aromatic N) is 6. The van der Waals surface area contributed by atoms with Gasteiger partial charge < -0.3 is 25.1 Å². The average molecular weight is 505 g/mol. The van der Waals surface area contributed by atoms with E-state index in [1.54, 1.807) is 15.4 Å². The molecular formula is C25H33LiN6O5. The summed E-state index contributed by atoms with van der Waals surface area (Å²) in [5, 5.41) is 19.5. The molecule has 0 radical (unpaired) electrons. The van der Waals surface area contributed by atoms with Gasteiger partial charge in [-0.15, -0.1) is 0 Å². The molecule has 0 saturated heterocycles. The summed E-state index contributed by atoms with van der Waals surface area (Å²) >= 11 is 0. The van der Waals surface area contributed by atoms with Crippen molar-refractivity contribution in [3.63, 3.8) is 0 Å². The van der Waals surface area contributed by atoms with Crippen LogP contribution >= 0.6 is 0 Å². The maximum atomic E-state index is 11.9. The molecule has 2 N–H and O–H groups in total. The Labute approximate surface area is 228 Å². The zero-order chi connectivity index (χ0) is 25.5. The quantitative estimate of drug-likeness (QED) is 0.249. The predicted molar refractivity (Wildman–Crippen MR) is 137 cm³/mol. The maximum absolute atomic E-state index is 11.9. The minimum Gasteiger partial charge on any atom is -0.870 e. The molecule has 0 bridgehead atoms. The van der Waals surface area contributed by atoms with Crippen LogP contribution in [0.5, 0.6) is 0 Å². The molecule has 4 aromatic rings. The number of esters is 1. The van der Waals surface area contributed by atoms with Crippen molar-refractivity contribution in [1.29, 1.82) is 0 Å². The van der Waals surface area contributed by atoms with Gasteiger partial charge in [0.05, 0.1) is 31.2 Å². The second-order valence-electron chi connectivity index (χ2n) is 8.58.